The number of hydrogen-bond acceptors (Lipinski definition) is 7. The van der Waals surface area contributed by atoms with Crippen LogP contribution in [0.3, 0.4) is 0 Å². The largest absolute Gasteiger partial charge is 0.493 e. The van der Waals surface area contributed by atoms with Crippen LogP contribution in [0.1, 0.15) is 10.9 Å². The molecule has 0 atom stereocenters. The molecule has 0 N–H and O–H groups in total. The van der Waals surface area contributed by atoms with Gasteiger partial charge in [0, 0.05) is 21.0 Å². The minimum atomic E-state index is 0.488. The fourth-order valence-corrected chi connectivity index (χ4v) is 3.75. The molecule has 4 rings (SSSR count). The normalized spacial score (nSPS) is 10.8. The summed E-state index contributed by atoms with van der Waals surface area (Å²) in [6.45, 7) is 0. The van der Waals surface area contributed by atoms with Crippen molar-refractivity contribution in [3.05, 3.63) is 63.2 Å². The Morgan fingerprint density at radius 2 is 1.71 bits per heavy atom. The molecule has 0 radical (unpaired) electrons. The number of aromatic nitrogens is 3. The second-order valence-electron chi connectivity index (χ2n) is 5.89. The summed E-state index contributed by atoms with van der Waals surface area (Å²) in [5, 5.41) is 7.03. The monoisotopic (exact) mass is 457 g/mol. The van der Waals surface area contributed by atoms with Crippen LogP contribution in [0, 0.1) is 0 Å². The third-order valence-electron chi connectivity index (χ3n) is 4.10. The van der Waals surface area contributed by atoms with Crippen LogP contribution in [0.15, 0.2) is 56.8 Å². The summed E-state index contributed by atoms with van der Waals surface area (Å²) in [5.74, 6) is 2.28. The van der Waals surface area contributed by atoms with Gasteiger partial charge in [-0.15, -0.1) is 11.3 Å². The Balaban J connectivity index is 1.52. The van der Waals surface area contributed by atoms with Crippen LogP contribution in [-0.4, -0.2) is 29.3 Å². The van der Waals surface area contributed by atoms with Gasteiger partial charge in [0.2, 0.25) is 11.7 Å². The van der Waals surface area contributed by atoms with E-state index in [-0.39, 0.29) is 0 Å². The van der Waals surface area contributed by atoms with Crippen molar-refractivity contribution in [3.63, 3.8) is 0 Å². The molecule has 0 bridgehead atoms. The van der Waals surface area contributed by atoms with E-state index in [1.54, 1.807) is 25.6 Å². The number of hydrogen-bond donors (Lipinski definition) is 0. The fourth-order valence-electron chi connectivity index (χ4n) is 2.69. The zero-order valence-electron chi connectivity index (χ0n) is 15.2. The van der Waals surface area contributed by atoms with E-state index in [0.717, 1.165) is 26.3 Å². The van der Waals surface area contributed by atoms with Crippen molar-refractivity contribution < 1.29 is 14.0 Å². The molecule has 8 heteroatoms. The second-order valence-corrected chi connectivity index (χ2v) is 7.75. The van der Waals surface area contributed by atoms with Gasteiger partial charge >= 0.3 is 0 Å². The van der Waals surface area contributed by atoms with Crippen molar-refractivity contribution in [3.8, 4) is 34.1 Å². The van der Waals surface area contributed by atoms with Crippen LogP contribution in [0.25, 0.3) is 22.6 Å². The molecule has 0 fully saturated rings. The molecule has 0 aliphatic rings. The molecule has 0 aliphatic carbocycles. The summed E-state index contributed by atoms with van der Waals surface area (Å²) in [7, 11) is 3.19. The van der Waals surface area contributed by atoms with Crippen molar-refractivity contribution in [1.82, 2.24) is 15.1 Å². The molecule has 2 aromatic heterocycles. The molecule has 2 aromatic carbocycles. The Bertz CT molecular complexity index is 1090. The maximum Gasteiger partial charge on any atom is 0.233 e. The van der Waals surface area contributed by atoms with Crippen molar-refractivity contribution in [2.45, 2.75) is 6.42 Å². The van der Waals surface area contributed by atoms with Crippen LogP contribution < -0.4 is 9.47 Å². The predicted octanol–water partition coefficient (Wildman–Crippen LogP) is 5.23. The molecular weight excluding hydrogens is 442 g/mol. The van der Waals surface area contributed by atoms with Crippen LogP contribution in [0.4, 0.5) is 0 Å². The average molecular weight is 458 g/mol. The molecule has 0 amide bonds. The number of ether oxygens (including phenoxy) is 2. The molecule has 0 unspecified atom stereocenters. The summed E-state index contributed by atoms with van der Waals surface area (Å²) >= 11 is 5.02. The van der Waals surface area contributed by atoms with Gasteiger partial charge in [-0.1, -0.05) is 33.2 Å². The van der Waals surface area contributed by atoms with E-state index in [1.807, 2.05) is 47.8 Å². The van der Waals surface area contributed by atoms with Crippen LogP contribution in [0.5, 0.6) is 11.5 Å². The lowest BCUT2D eigenvalue weighted by Gasteiger charge is -2.07. The zero-order chi connectivity index (χ0) is 19.5. The summed E-state index contributed by atoms with van der Waals surface area (Å²) in [6, 6.07) is 13.6. The van der Waals surface area contributed by atoms with E-state index >= 15 is 0 Å². The highest BCUT2D eigenvalue weighted by atomic mass is 79.9. The van der Waals surface area contributed by atoms with E-state index in [1.165, 1.54) is 0 Å². The second kappa shape index (κ2) is 8.12. The van der Waals surface area contributed by atoms with Crippen molar-refractivity contribution in [1.29, 1.82) is 0 Å². The van der Waals surface area contributed by atoms with Gasteiger partial charge < -0.3 is 14.0 Å². The zero-order valence-corrected chi connectivity index (χ0v) is 17.6. The fraction of sp³-hybridized carbons (Fsp3) is 0.150. The van der Waals surface area contributed by atoms with Gasteiger partial charge in [-0.25, -0.2) is 4.98 Å². The summed E-state index contributed by atoms with van der Waals surface area (Å²) < 4.78 is 17.0. The van der Waals surface area contributed by atoms with Gasteiger partial charge in [0.05, 0.1) is 26.3 Å². The summed E-state index contributed by atoms with van der Waals surface area (Å²) in [4.78, 5) is 9.16. The van der Waals surface area contributed by atoms with E-state index in [2.05, 4.69) is 31.1 Å². The molecule has 28 heavy (non-hydrogen) atoms. The number of halogens is 1. The maximum absolute atomic E-state index is 5.41. The Kier molecular flexibility index (Phi) is 5.40. The predicted molar refractivity (Wildman–Crippen MR) is 111 cm³/mol. The van der Waals surface area contributed by atoms with Crippen molar-refractivity contribution >= 4 is 27.3 Å². The lowest BCUT2D eigenvalue weighted by atomic mass is 10.2. The smallest absolute Gasteiger partial charge is 0.233 e. The first-order valence-corrected chi connectivity index (χ1v) is 10.1. The molecule has 0 spiro atoms. The number of methoxy groups -OCH3 is 2. The third kappa shape index (κ3) is 3.93. The van der Waals surface area contributed by atoms with E-state index in [9.17, 15) is 0 Å². The molecule has 6 nitrogen and oxygen atoms in total. The quantitative estimate of drug-likeness (QED) is 0.394. The van der Waals surface area contributed by atoms with E-state index in [4.69, 9.17) is 14.0 Å². The first-order valence-electron chi connectivity index (χ1n) is 8.41. The number of benzene rings is 2. The molecule has 2 heterocycles. The topological polar surface area (TPSA) is 70.3 Å². The molecule has 0 saturated heterocycles. The van der Waals surface area contributed by atoms with Gasteiger partial charge in [-0.05, 0) is 30.3 Å². The van der Waals surface area contributed by atoms with Gasteiger partial charge in [-0.2, -0.15) is 4.98 Å². The third-order valence-corrected chi connectivity index (χ3v) is 5.48. The Morgan fingerprint density at radius 3 is 2.46 bits per heavy atom. The number of thiazole rings is 1. The lowest BCUT2D eigenvalue weighted by Crippen LogP contribution is -1.92. The van der Waals surface area contributed by atoms with Gasteiger partial charge in [0.25, 0.3) is 0 Å². The summed E-state index contributed by atoms with van der Waals surface area (Å²) in [6.07, 6.45) is 0.488. The van der Waals surface area contributed by atoms with Crippen LogP contribution in [0.2, 0.25) is 0 Å². The highest BCUT2D eigenvalue weighted by molar-refractivity contribution is 9.10. The SMILES string of the molecule is COc1ccc(-c2noc(Cc3nc(-c4ccc(Br)cc4)cs3)n2)cc1OC. The molecule has 0 aliphatic heterocycles. The Morgan fingerprint density at radius 1 is 0.964 bits per heavy atom. The van der Waals surface area contributed by atoms with E-state index < -0.39 is 0 Å². The van der Waals surface area contributed by atoms with Gasteiger partial charge in [0.15, 0.2) is 11.5 Å². The molecular formula is C20H16BrN3O3S. The van der Waals surface area contributed by atoms with E-state index in [0.29, 0.717) is 29.6 Å². The Labute approximate surface area is 174 Å². The van der Waals surface area contributed by atoms with Crippen molar-refractivity contribution in [2.24, 2.45) is 0 Å². The molecule has 0 saturated carbocycles. The van der Waals surface area contributed by atoms with Crippen molar-refractivity contribution in [2.75, 3.05) is 14.2 Å². The minimum Gasteiger partial charge on any atom is -0.493 e. The minimum absolute atomic E-state index is 0.488. The summed E-state index contributed by atoms with van der Waals surface area (Å²) in [5.41, 5.74) is 2.80. The van der Waals surface area contributed by atoms with Gasteiger partial charge in [-0.3, -0.25) is 0 Å². The maximum atomic E-state index is 5.41. The molecule has 142 valence electrons. The standard InChI is InChI=1S/C20H16BrN3O3S/c1-25-16-8-5-13(9-17(16)26-2)20-23-18(27-24-20)10-19-22-15(11-28-19)12-3-6-14(21)7-4-12/h3-9,11H,10H2,1-2H3. The molecule has 4 aromatic rings. The first-order chi connectivity index (χ1) is 13.7. The highest BCUT2D eigenvalue weighted by Crippen LogP contribution is 2.31. The number of nitrogens with zero attached hydrogens (tertiary/aromatic N) is 3. The lowest BCUT2D eigenvalue weighted by molar-refractivity contribution is 0.355. The van der Waals surface area contributed by atoms with Crippen LogP contribution >= 0.6 is 27.3 Å². The Hall–Kier alpha value is -2.71. The van der Waals surface area contributed by atoms with Gasteiger partial charge in [0.1, 0.15) is 5.01 Å². The number of rotatable bonds is 6. The average Bonchev–Trinajstić information content (AvgIpc) is 3.38. The van der Waals surface area contributed by atoms with Crippen LogP contribution in [-0.2, 0) is 6.42 Å². The first kappa shape index (κ1) is 18.6. The highest BCUT2D eigenvalue weighted by Gasteiger charge is 2.14.